The van der Waals surface area contributed by atoms with E-state index in [1.807, 2.05) is 0 Å². The molecule has 1 unspecified atom stereocenters. The van der Waals surface area contributed by atoms with Crippen molar-refractivity contribution in [3.63, 3.8) is 0 Å². The van der Waals surface area contributed by atoms with Crippen LogP contribution >= 0.6 is 0 Å². The van der Waals surface area contributed by atoms with Crippen molar-refractivity contribution in [2.75, 3.05) is 25.6 Å². The molecule has 7 heteroatoms. The Hall–Kier alpha value is -0.210. The molecule has 0 rings (SSSR count). The second-order valence-electron chi connectivity index (χ2n) is 2.20. The lowest BCUT2D eigenvalue weighted by Crippen LogP contribution is -2.21. The van der Waals surface area contributed by atoms with Crippen LogP contribution in [0.3, 0.4) is 0 Å². The van der Waals surface area contributed by atoms with Crippen LogP contribution in [0.1, 0.15) is 0 Å². The summed E-state index contributed by atoms with van der Waals surface area (Å²) in [5.41, 5.74) is 0. The quantitative estimate of drug-likeness (QED) is 0.347. The average molecular weight is 200 g/mol. The summed E-state index contributed by atoms with van der Waals surface area (Å²) >= 11 is 0. The molecule has 0 heterocycles. The fourth-order valence-corrected chi connectivity index (χ4v) is 0.765. The first-order valence-corrected chi connectivity index (χ1v) is 4.88. The summed E-state index contributed by atoms with van der Waals surface area (Å²) in [7, 11) is -4.00. The summed E-state index contributed by atoms with van der Waals surface area (Å²) in [6, 6.07) is 0. The summed E-state index contributed by atoms with van der Waals surface area (Å²) in [5, 5.41) is 17.0. The molecule has 12 heavy (non-hydrogen) atoms. The molecule has 0 aliphatic heterocycles. The summed E-state index contributed by atoms with van der Waals surface area (Å²) in [6.07, 6.45) is -1.01. The predicted molar refractivity (Wildman–Crippen MR) is 40.3 cm³/mol. The van der Waals surface area contributed by atoms with Crippen molar-refractivity contribution in [1.82, 2.24) is 0 Å². The molecule has 0 aliphatic rings. The first-order valence-electron chi connectivity index (χ1n) is 3.27. The van der Waals surface area contributed by atoms with Crippen LogP contribution in [-0.4, -0.2) is 54.9 Å². The van der Waals surface area contributed by atoms with E-state index in [0.29, 0.717) is 0 Å². The summed E-state index contributed by atoms with van der Waals surface area (Å²) in [5.74, 6) is -0.509. The van der Waals surface area contributed by atoms with Gasteiger partial charge in [-0.1, -0.05) is 0 Å². The molecule has 0 bridgehead atoms. The summed E-state index contributed by atoms with van der Waals surface area (Å²) < 4.78 is 33.1. The molecule has 0 radical (unpaired) electrons. The first-order chi connectivity index (χ1) is 5.45. The third-order valence-corrected chi connectivity index (χ3v) is 1.69. The van der Waals surface area contributed by atoms with E-state index in [1.54, 1.807) is 0 Å². The van der Waals surface area contributed by atoms with E-state index in [-0.39, 0.29) is 13.2 Å². The van der Waals surface area contributed by atoms with E-state index >= 15 is 0 Å². The zero-order valence-corrected chi connectivity index (χ0v) is 7.20. The Kier molecular flexibility index (Phi) is 5.34. The van der Waals surface area contributed by atoms with Crippen LogP contribution in [-0.2, 0) is 14.9 Å². The van der Waals surface area contributed by atoms with Gasteiger partial charge in [-0.25, -0.2) is 0 Å². The minimum absolute atomic E-state index is 0.147. The monoisotopic (exact) mass is 200 g/mol. The van der Waals surface area contributed by atoms with Crippen molar-refractivity contribution in [1.29, 1.82) is 0 Å². The molecule has 0 aromatic heterocycles. The second-order valence-corrected chi connectivity index (χ2v) is 3.77. The molecule has 0 saturated heterocycles. The van der Waals surface area contributed by atoms with Gasteiger partial charge in [0.15, 0.2) is 0 Å². The smallest absolute Gasteiger partial charge is 0.267 e. The first kappa shape index (κ1) is 11.8. The van der Waals surface area contributed by atoms with Gasteiger partial charge in [-0.3, -0.25) is 4.55 Å². The maximum absolute atomic E-state index is 10.1. The third-order valence-electron chi connectivity index (χ3n) is 1.01. The fourth-order valence-electron chi connectivity index (χ4n) is 0.436. The zero-order valence-electron chi connectivity index (χ0n) is 6.38. The Morgan fingerprint density at radius 2 is 2.00 bits per heavy atom. The SMILES string of the molecule is O=S(=O)(O)CCOCC(O)CO. The summed E-state index contributed by atoms with van der Waals surface area (Å²) in [6.45, 7) is -0.784. The molecular weight excluding hydrogens is 188 g/mol. The van der Waals surface area contributed by atoms with Gasteiger partial charge < -0.3 is 14.9 Å². The molecule has 0 spiro atoms. The number of aliphatic hydroxyl groups excluding tert-OH is 2. The lowest BCUT2D eigenvalue weighted by molar-refractivity contribution is 0.0107. The Morgan fingerprint density at radius 1 is 1.42 bits per heavy atom. The fraction of sp³-hybridized carbons (Fsp3) is 1.00. The number of aliphatic hydroxyl groups is 2. The Morgan fingerprint density at radius 3 is 2.42 bits per heavy atom. The molecule has 3 N–H and O–H groups in total. The molecule has 1 atom stereocenters. The number of rotatable bonds is 6. The van der Waals surface area contributed by atoms with Crippen LogP contribution in [0.15, 0.2) is 0 Å². The van der Waals surface area contributed by atoms with Gasteiger partial charge in [0.1, 0.15) is 6.10 Å². The lowest BCUT2D eigenvalue weighted by atomic mass is 10.4. The minimum Gasteiger partial charge on any atom is -0.394 e. The van der Waals surface area contributed by atoms with E-state index in [0.717, 1.165) is 0 Å². The number of ether oxygens (including phenoxy) is 1. The molecule has 74 valence electrons. The molecule has 0 saturated carbocycles. The highest BCUT2D eigenvalue weighted by Gasteiger charge is 2.05. The molecule has 0 aliphatic carbocycles. The van der Waals surface area contributed by atoms with Gasteiger partial charge >= 0.3 is 0 Å². The van der Waals surface area contributed by atoms with E-state index < -0.39 is 28.6 Å². The maximum atomic E-state index is 10.1. The average Bonchev–Trinajstić information content (AvgIpc) is 1.96. The highest BCUT2D eigenvalue weighted by molar-refractivity contribution is 7.85. The predicted octanol–water partition coefficient (Wildman–Crippen LogP) is -1.76. The molecular formula is C5H12O6S. The standard InChI is InChI=1S/C5H12O6S/c6-3-5(7)4-11-1-2-12(8,9)10/h5-7H,1-4H2,(H,8,9,10). The Labute approximate surface area is 70.5 Å². The van der Waals surface area contributed by atoms with Crippen molar-refractivity contribution >= 4 is 10.1 Å². The van der Waals surface area contributed by atoms with E-state index in [9.17, 15) is 8.42 Å². The maximum Gasteiger partial charge on any atom is 0.267 e. The van der Waals surface area contributed by atoms with E-state index in [4.69, 9.17) is 14.8 Å². The van der Waals surface area contributed by atoms with Crippen molar-refractivity contribution in [2.45, 2.75) is 6.10 Å². The van der Waals surface area contributed by atoms with Crippen LogP contribution in [0.2, 0.25) is 0 Å². The highest BCUT2D eigenvalue weighted by atomic mass is 32.2. The van der Waals surface area contributed by atoms with Crippen molar-refractivity contribution in [3.05, 3.63) is 0 Å². The molecule has 0 aromatic carbocycles. The van der Waals surface area contributed by atoms with Crippen LogP contribution < -0.4 is 0 Å². The van der Waals surface area contributed by atoms with Crippen LogP contribution in [0.5, 0.6) is 0 Å². The van der Waals surface area contributed by atoms with Gasteiger partial charge in [0, 0.05) is 0 Å². The largest absolute Gasteiger partial charge is 0.394 e. The minimum atomic E-state index is -4.00. The van der Waals surface area contributed by atoms with Crippen LogP contribution in [0, 0.1) is 0 Å². The van der Waals surface area contributed by atoms with E-state index in [2.05, 4.69) is 4.74 Å². The number of hydrogen-bond donors (Lipinski definition) is 3. The topological polar surface area (TPSA) is 104 Å². The third kappa shape index (κ3) is 7.89. The normalized spacial score (nSPS) is 14.6. The van der Waals surface area contributed by atoms with E-state index in [1.165, 1.54) is 0 Å². The van der Waals surface area contributed by atoms with Crippen LogP contribution in [0.4, 0.5) is 0 Å². The van der Waals surface area contributed by atoms with Crippen LogP contribution in [0.25, 0.3) is 0 Å². The molecule has 0 amide bonds. The second kappa shape index (κ2) is 5.44. The van der Waals surface area contributed by atoms with Crippen molar-refractivity contribution in [2.24, 2.45) is 0 Å². The highest BCUT2D eigenvalue weighted by Crippen LogP contribution is 1.86. The number of hydrogen-bond acceptors (Lipinski definition) is 5. The Bertz CT molecular complexity index is 198. The van der Waals surface area contributed by atoms with Crippen molar-refractivity contribution in [3.8, 4) is 0 Å². The van der Waals surface area contributed by atoms with Crippen molar-refractivity contribution < 1.29 is 27.9 Å². The van der Waals surface area contributed by atoms with Gasteiger partial charge in [0.05, 0.1) is 25.6 Å². The molecule has 0 fully saturated rings. The molecule has 0 aromatic rings. The van der Waals surface area contributed by atoms with Gasteiger partial charge in [-0.05, 0) is 0 Å². The molecule has 6 nitrogen and oxygen atoms in total. The van der Waals surface area contributed by atoms with Gasteiger partial charge in [-0.2, -0.15) is 8.42 Å². The lowest BCUT2D eigenvalue weighted by Gasteiger charge is -2.06. The van der Waals surface area contributed by atoms with Gasteiger partial charge in [-0.15, -0.1) is 0 Å². The van der Waals surface area contributed by atoms with Gasteiger partial charge in [0.2, 0.25) is 0 Å². The zero-order chi connectivity index (χ0) is 9.61. The van der Waals surface area contributed by atoms with Gasteiger partial charge in [0.25, 0.3) is 10.1 Å². The summed E-state index contributed by atoms with van der Waals surface area (Å²) in [4.78, 5) is 0. The Balaban J connectivity index is 3.34.